The third-order valence-electron chi connectivity index (χ3n) is 2.70. The average Bonchev–Trinajstić information content (AvgIpc) is 2.97. The van der Waals surface area contributed by atoms with Gasteiger partial charge >= 0.3 is 5.97 Å². The Morgan fingerprint density at radius 3 is 2.53 bits per heavy atom. The van der Waals surface area contributed by atoms with Gasteiger partial charge in [-0.15, -0.1) is 0 Å². The maximum Gasteiger partial charge on any atom is 0.311 e. The SMILES string of the molecule is COC(CN)C(=O)NCC1(C(=O)O)CC1. The van der Waals surface area contributed by atoms with E-state index in [1.807, 2.05) is 0 Å². The Balaban J connectivity index is 2.37. The highest BCUT2D eigenvalue weighted by Gasteiger charge is 2.50. The lowest BCUT2D eigenvalue weighted by molar-refractivity contribution is -0.143. The van der Waals surface area contributed by atoms with Crippen molar-refractivity contribution >= 4 is 11.9 Å². The second-order valence-electron chi connectivity index (χ2n) is 3.76. The second kappa shape index (κ2) is 4.59. The number of hydrogen-bond donors (Lipinski definition) is 3. The highest BCUT2D eigenvalue weighted by Crippen LogP contribution is 2.45. The molecule has 1 fully saturated rings. The van der Waals surface area contributed by atoms with Gasteiger partial charge in [0, 0.05) is 20.2 Å². The first-order chi connectivity index (χ1) is 7.05. The molecule has 0 radical (unpaired) electrons. The predicted molar refractivity (Wildman–Crippen MR) is 52.2 cm³/mol. The van der Waals surface area contributed by atoms with Crippen molar-refractivity contribution in [3.63, 3.8) is 0 Å². The molecule has 0 saturated heterocycles. The molecule has 0 spiro atoms. The summed E-state index contributed by atoms with van der Waals surface area (Å²) >= 11 is 0. The van der Waals surface area contributed by atoms with Gasteiger partial charge in [-0.05, 0) is 12.8 Å². The number of nitrogens with two attached hydrogens (primary N) is 1. The number of ether oxygens (including phenoxy) is 1. The normalized spacial score (nSPS) is 19.3. The van der Waals surface area contributed by atoms with Crippen LogP contribution in [0, 0.1) is 5.41 Å². The van der Waals surface area contributed by atoms with E-state index in [0.29, 0.717) is 12.8 Å². The number of aliphatic carboxylic acids is 1. The second-order valence-corrected chi connectivity index (χ2v) is 3.76. The van der Waals surface area contributed by atoms with Crippen LogP contribution in [0.3, 0.4) is 0 Å². The molecule has 6 heteroatoms. The summed E-state index contributed by atoms with van der Waals surface area (Å²) in [6.45, 7) is 0.240. The van der Waals surface area contributed by atoms with Gasteiger partial charge in [-0.1, -0.05) is 0 Å². The van der Waals surface area contributed by atoms with E-state index in [0.717, 1.165) is 0 Å². The van der Waals surface area contributed by atoms with Gasteiger partial charge in [-0.2, -0.15) is 0 Å². The first-order valence-electron chi connectivity index (χ1n) is 4.80. The Morgan fingerprint density at radius 1 is 1.60 bits per heavy atom. The molecule has 86 valence electrons. The highest BCUT2D eigenvalue weighted by molar-refractivity contribution is 5.83. The molecule has 1 amide bonds. The van der Waals surface area contributed by atoms with Crippen molar-refractivity contribution in [3.8, 4) is 0 Å². The van der Waals surface area contributed by atoms with Crippen LogP contribution in [0.1, 0.15) is 12.8 Å². The number of carboxylic acids is 1. The van der Waals surface area contributed by atoms with Crippen molar-refractivity contribution in [2.24, 2.45) is 11.1 Å². The van der Waals surface area contributed by atoms with Gasteiger partial charge in [0.1, 0.15) is 6.10 Å². The molecule has 1 aliphatic carbocycles. The van der Waals surface area contributed by atoms with E-state index in [9.17, 15) is 9.59 Å². The van der Waals surface area contributed by atoms with Gasteiger partial charge in [-0.3, -0.25) is 9.59 Å². The Hall–Kier alpha value is -1.14. The van der Waals surface area contributed by atoms with E-state index in [1.165, 1.54) is 7.11 Å². The number of amides is 1. The number of hydrogen-bond acceptors (Lipinski definition) is 4. The summed E-state index contributed by atoms with van der Waals surface area (Å²) in [5.74, 6) is -1.21. The molecule has 1 aliphatic rings. The van der Waals surface area contributed by atoms with E-state index in [4.69, 9.17) is 15.6 Å². The standard InChI is InChI=1S/C9H16N2O4/c1-15-6(4-10)7(12)11-5-9(2-3-9)8(13)14/h6H,2-5,10H2,1H3,(H,11,12)(H,13,14). The molecule has 0 aromatic carbocycles. The quantitative estimate of drug-likeness (QED) is 0.525. The molecule has 1 rings (SSSR count). The van der Waals surface area contributed by atoms with E-state index in [2.05, 4.69) is 5.32 Å². The molecule has 0 bridgehead atoms. The highest BCUT2D eigenvalue weighted by atomic mass is 16.5. The number of rotatable bonds is 6. The number of methoxy groups -OCH3 is 1. The predicted octanol–water partition coefficient (Wildman–Crippen LogP) is -1.06. The lowest BCUT2D eigenvalue weighted by atomic mass is 10.1. The minimum atomic E-state index is -0.857. The van der Waals surface area contributed by atoms with Crippen molar-refractivity contribution in [2.75, 3.05) is 20.2 Å². The molecule has 0 heterocycles. The fourth-order valence-electron chi connectivity index (χ4n) is 1.30. The topological polar surface area (TPSA) is 102 Å². The largest absolute Gasteiger partial charge is 0.481 e. The third kappa shape index (κ3) is 2.66. The molecule has 0 aromatic rings. The van der Waals surface area contributed by atoms with Crippen LogP contribution in [0.5, 0.6) is 0 Å². The molecular formula is C9H16N2O4. The zero-order chi connectivity index (χ0) is 11.5. The summed E-state index contributed by atoms with van der Waals surface area (Å²) in [6.07, 6.45) is 0.529. The van der Waals surface area contributed by atoms with E-state index < -0.39 is 17.5 Å². The number of carbonyl (C=O) groups is 2. The molecule has 15 heavy (non-hydrogen) atoms. The number of carboxylic acid groups (broad SMARTS) is 1. The lowest BCUT2D eigenvalue weighted by Crippen LogP contribution is -2.43. The minimum absolute atomic E-state index is 0.0857. The Bertz CT molecular complexity index is 259. The number of nitrogens with one attached hydrogen (secondary N) is 1. The van der Waals surface area contributed by atoms with Gasteiger partial charge in [0.25, 0.3) is 0 Å². The maximum absolute atomic E-state index is 11.4. The van der Waals surface area contributed by atoms with Crippen molar-refractivity contribution < 1.29 is 19.4 Å². The van der Waals surface area contributed by atoms with Crippen LogP contribution in [0.15, 0.2) is 0 Å². The van der Waals surface area contributed by atoms with Gasteiger partial charge in [-0.25, -0.2) is 0 Å². The zero-order valence-electron chi connectivity index (χ0n) is 8.66. The smallest absolute Gasteiger partial charge is 0.311 e. The summed E-state index contributed by atoms with van der Waals surface area (Å²) < 4.78 is 4.82. The third-order valence-corrected chi connectivity index (χ3v) is 2.70. The number of carbonyl (C=O) groups excluding carboxylic acids is 1. The van der Waals surface area contributed by atoms with Crippen LogP contribution >= 0.6 is 0 Å². The fourth-order valence-corrected chi connectivity index (χ4v) is 1.30. The summed E-state index contributed by atoms with van der Waals surface area (Å²) in [4.78, 5) is 22.2. The summed E-state index contributed by atoms with van der Waals surface area (Å²) in [5.41, 5.74) is 4.55. The summed E-state index contributed by atoms with van der Waals surface area (Å²) in [5, 5.41) is 11.4. The van der Waals surface area contributed by atoms with Gasteiger partial charge < -0.3 is 20.9 Å². The molecular weight excluding hydrogens is 200 g/mol. The first kappa shape index (κ1) is 11.9. The molecule has 0 aliphatic heterocycles. The van der Waals surface area contributed by atoms with Crippen molar-refractivity contribution in [2.45, 2.75) is 18.9 Å². The first-order valence-corrected chi connectivity index (χ1v) is 4.80. The van der Waals surface area contributed by atoms with Gasteiger partial charge in [0.05, 0.1) is 5.41 Å². The van der Waals surface area contributed by atoms with Gasteiger partial charge in [0.2, 0.25) is 5.91 Å². The molecule has 0 aromatic heterocycles. The van der Waals surface area contributed by atoms with E-state index in [-0.39, 0.29) is 19.0 Å². The van der Waals surface area contributed by atoms with Crippen LogP contribution in [0.4, 0.5) is 0 Å². The Morgan fingerprint density at radius 2 is 2.20 bits per heavy atom. The monoisotopic (exact) mass is 216 g/mol. The molecule has 6 nitrogen and oxygen atoms in total. The minimum Gasteiger partial charge on any atom is -0.481 e. The van der Waals surface area contributed by atoms with E-state index in [1.54, 1.807) is 0 Å². The summed E-state index contributed by atoms with van der Waals surface area (Å²) in [7, 11) is 1.39. The Labute approximate surface area is 87.8 Å². The Kier molecular flexibility index (Phi) is 3.65. The van der Waals surface area contributed by atoms with Crippen LogP contribution in [0.25, 0.3) is 0 Å². The van der Waals surface area contributed by atoms with Crippen LogP contribution < -0.4 is 11.1 Å². The van der Waals surface area contributed by atoms with Crippen molar-refractivity contribution in [1.29, 1.82) is 0 Å². The van der Waals surface area contributed by atoms with Crippen LogP contribution in [-0.2, 0) is 14.3 Å². The summed E-state index contributed by atoms with van der Waals surface area (Å²) in [6, 6.07) is 0. The molecule has 1 atom stereocenters. The van der Waals surface area contributed by atoms with Crippen LogP contribution in [0.2, 0.25) is 0 Å². The van der Waals surface area contributed by atoms with Crippen LogP contribution in [-0.4, -0.2) is 43.3 Å². The lowest BCUT2D eigenvalue weighted by Gasteiger charge is -2.15. The maximum atomic E-state index is 11.4. The average molecular weight is 216 g/mol. The van der Waals surface area contributed by atoms with Gasteiger partial charge in [0.15, 0.2) is 0 Å². The van der Waals surface area contributed by atoms with Crippen molar-refractivity contribution in [1.82, 2.24) is 5.32 Å². The molecule has 1 unspecified atom stereocenters. The van der Waals surface area contributed by atoms with Crippen molar-refractivity contribution in [3.05, 3.63) is 0 Å². The zero-order valence-corrected chi connectivity index (χ0v) is 8.66. The molecule has 4 N–H and O–H groups in total. The van der Waals surface area contributed by atoms with E-state index >= 15 is 0 Å². The molecule has 1 saturated carbocycles. The fraction of sp³-hybridized carbons (Fsp3) is 0.778.